The number of hydrogen-bond acceptors (Lipinski definition) is 7. The molecule has 9 heteroatoms. The van der Waals surface area contributed by atoms with Gasteiger partial charge in [0.25, 0.3) is 0 Å². The van der Waals surface area contributed by atoms with E-state index in [1.807, 2.05) is 44.2 Å². The Labute approximate surface area is 242 Å². The number of aromatic nitrogens is 2. The number of nitrogens with one attached hydrogen (secondary N) is 2. The molecule has 0 saturated carbocycles. The van der Waals surface area contributed by atoms with Crippen LogP contribution in [0.3, 0.4) is 0 Å². The lowest BCUT2D eigenvalue weighted by Crippen LogP contribution is -2.35. The van der Waals surface area contributed by atoms with E-state index in [-0.39, 0.29) is 11.6 Å². The second kappa shape index (κ2) is 15.2. The number of aromatic hydroxyl groups is 1. The van der Waals surface area contributed by atoms with Crippen LogP contribution >= 0.6 is 0 Å². The van der Waals surface area contributed by atoms with Gasteiger partial charge in [-0.25, -0.2) is 4.79 Å². The van der Waals surface area contributed by atoms with Crippen molar-refractivity contribution in [2.24, 2.45) is 0 Å². The van der Waals surface area contributed by atoms with E-state index in [1.165, 1.54) is 16.3 Å². The van der Waals surface area contributed by atoms with E-state index < -0.39 is 11.9 Å². The summed E-state index contributed by atoms with van der Waals surface area (Å²) in [6.45, 7) is 7.60. The second-order valence-electron chi connectivity index (χ2n) is 11.2. The molecule has 0 saturated heterocycles. The van der Waals surface area contributed by atoms with Gasteiger partial charge in [0.2, 0.25) is 11.7 Å². The Kier molecular flexibility index (Phi) is 11.4. The first-order valence-electron chi connectivity index (χ1n) is 14.8. The summed E-state index contributed by atoms with van der Waals surface area (Å²) < 4.78 is 18.7. The fourth-order valence-electron chi connectivity index (χ4n) is 4.97. The van der Waals surface area contributed by atoms with Crippen LogP contribution < -0.4 is 15.7 Å². The van der Waals surface area contributed by atoms with Gasteiger partial charge in [-0.05, 0) is 67.5 Å². The van der Waals surface area contributed by atoms with Gasteiger partial charge in [0.1, 0.15) is 5.75 Å². The van der Waals surface area contributed by atoms with E-state index in [0.29, 0.717) is 19.7 Å². The molecule has 224 valence electrons. The highest BCUT2D eigenvalue weighted by Gasteiger charge is 2.27. The van der Waals surface area contributed by atoms with E-state index in [4.69, 9.17) is 14.2 Å². The van der Waals surface area contributed by atoms with Crippen molar-refractivity contribution < 1.29 is 24.4 Å². The van der Waals surface area contributed by atoms with Gasteiger partial charge in [-0.15, -0.1) is 0 Å². The number of aliphatic hydroxyl groups is 1. The summed E-state index contributed by atoms with van der Waals surface area (Å²) in [5, 5.41) is 23.7. The highest BCUT2D eigenvalue weighted by molar-refractivity contribution is 5.39. The fraction of sp³-hybridized carbons (Fsp3) is 0.531. The Balaban J connectivity index is 0.981. The van der Waals surface area contributed by atoms with Crippen LogP contribution in [0.2, 0.25) is 0 Å². The van der Waals surface area contributed by atoms with E-state index in [0.717, 1.165) is 87.1 Å². The molecule has 0 spiro atoms. The highest BCUT2D eigenvalue weighted by Crippen LogP contribution is 2.32. The molecule has 0 aliphatic carbocycles. The maximum atomic E-state index is 11.8. The molecule has 2 heterocycles. The summed E-state index contributed by atoms with van der Waals surface area (Å²) in [7, 11) is 0. The van der Waals surface area contributed by atoms with E-state index in [1.54, 1.807) is 0 Å². The molecule has 1 aliphatic heterocycles. The molecule has 0 radical (unpaired) electrons. The van der Waals surface area contributed by atoms with Gasteiger partial charge in [0, 0.05) is 39.2 Å². The summed E-state index contributed by atoms with van der Waals surface area (Å²) in [6.07, 6.45) is 8.17. The number of aromatic amines is 1. The van der Waals surface area contributed by atoms with Crippen molar-refractivity contribution >= 4 is 0 Å². The lowest BCUT2D eigenvalue weighted by Gasteiger charge is -2.33. The van der Waals surface area contributed by atoms with Crippen molar-refractivity contribution in [3.63, 3.8) is 0 Å². The molecule has 0 amide bonds. The van der Waals surface area contributed by atoms with Crippen molar-refractivity contribution in [1.82, 2.24) is 14.9 Å². The first kappa shape index (κ1) is 30.8. The van der Waals surface area contributed by atoms with Gasteiger partial charge in [-0.3, -0.25) is 4.57 Å². The van der Waals surface area contributed by atoms with Crippen molar-refractivity contribution in [2.75, 3.05) is 26.3 Å². The molecule has 1 aromatic heterocycles. The number of hydrogen-bond donors (Lipinski definition) is 4. The molecule has 1 atom stereocenters. The summed E-state index contributed by atoms with van der Waals surface area (Å²) in [5.41, 5.74) is 3.75. The third-order valence-corrected chi connectivity index (χ3v) is 7.31. The number of fused-ring (bicyclic) bond motifs is 1. The number of ether oxygens (including phenoxy) is 3. The Bertz CT molecular complexity index is 1280. The maximum absolute atomic E-state index is 11.8. The Morgan fingerprint density at radius 1 is 1.05 bits per heavy atom. The zero-order valence-electron chi connectivity index (χ0n) is 24.4. The third-order valence-electron chi connectivity index (χ3n) is 7.31. The molecule has 4 N–H and O–H groups in total. The quantitative estimate of drug-likeness (QED) is 0.173. The number of nitrogens with zero attached hydrogens (tertiary/aromatic N) is 1. The molecule has 0 bridgehead atoms. The number of aliphatic hydroxyl groups excluding tert-OH is 1. The average molecular weight is 568 g/mol. The maximum Gasteiger partial charge on any atom is 0.328 e. The lowest BCUT2D eigenvalue weighted by molar-refractivity contribution is -0.180. The summed E-state index contributed by atoms with van der Waals surface area (Å²) in [5.74, 6) is 0.156. The Hall–Kier alpha value is -3.11. The summed E-state index contributed by atoms with van der Waals surface area (Å²) in [4.78, 5) is 14.3. The Morgan fingerprint density at radius 3 is 2.63 bits per heavy atom. The first-order chi connectivity index (χ1) is 19.8. The predicted molar refractivity (Wildman–Crippen MR) is 158 cm³/mol. The minimum absolute atomic E-state index is 0.0529. The molecule has 4 rings (SSSR count). The van der Waals surface area contributed by atoms with Crippen LogP contribution in [0.4, 0.5) is 0 Å². The van der Waals surface area contributed by atoms with Crippen molar-refractivity contribution in [3.05, 3.63) is 81.4 Å². The lowest BCUT2D eigenvalue weighted by atomic mass is 10.0. The first-order valence-corrected chi connectivity index (χ1v) is 14.8. The number of imidazole rings is 1. The van der Waals surface area contributed by atoms with Gasteiger partial charge >= 0.3 is 5.69 Å². The van der Waals surface area contributed by atoms with Crippen LogP contribution in [0.5, 0.6) is 11.6 Å². The van der Waals surface area contributed by atoms with Crippen LogP contribution in [-0.4, -0.2) is 51.9 Å². The number of aryl methyl sites for hydroxylation is 1. The number of H-pyrrole nitrogens is 1. The predicted octanol–water partition coefficient (Wildman–Crippen LogP) is 4.80. The van der Waals surface area contributed by atoms with E-state index in [2.05, 4.69) is 22.4 Å². The zero-order chi connectivity index (χ0) is 29.1. The monoisotopic (exact) mass is 567 g/mol. The summed E-state index contributed by atoms with van der Waals surface area (Å²) >= 11 is 0. The van der Waals surface area contributed by atoms with Crippen LogP contribution in [-0.2, 0) is 29.0 Å². The van der Waals surface area contributed by atoms with Crippen LogP contribution in [0.15, 0.2) is 53.5 Å². The van der Waals surface area contributed by atoms with Gasteiger partial charge < -0.3 is 34.7 Å². The molecular formula is C32H45N3O6. The van der Waals surface area contributed by atoms with Crippen molar-refractivity contribution in [2.45, 2.75) is 83.8 Å². The highest BCUT2D eigenvalue weighted by atomic mass is 16.7. The third kappa shape index (κ3) is 9.74. The topological polar surface area (TPSA) is 118 Å². The normalized spacial score (nSPS) is 14.9. The van der Waals surface area contributed by atoms with Gasteiger partial charge in [-0.2, -0.15) is 0 Å². The van der Waals surface area contributed by atoms with Crippen LogP contribution in [0.25, 0.3) is 0 Å². The van der Waals surface area contributed by atoms with Gasteiger partial charge in [0.15, 0.2) is 0 Å². The SMILES string of the molecule is CC1(C)OCc2cc([C@@H](O)CNCCCCCCOCCCCc3cccc(Cn4c(O)c[nH]c4=O)c3)ccc2O1. The largest absolute Gasteiger partial charge is 0.493 e. The molecule has 9 nitrogen and oxygen atoms in total. The zero-order valence-corrected chi connectivity index (χ0v) is 24.4. The second-order valence-corrected chi connectivity index (χ2v) is 11.2. The van der Waals surface area contributed by atoms with E-state index >= 15 is 0 Å². The van der Waals surface area contributed by atoms with Crippen molar-refractivity contribution in [3.8, 4) is 11.6 Å². The molecule has 0 unspecified atom stereocenters. The molecule has 3 aromatic rings. The number of unbranched alkanes of at least 4 members (excludes halogenated alkanes) is 4. The minimum Gasteiger partial charge on any atom is -0.493 e. The fourth-order valence-corrected chi connectivity index (χ4v) is 4.97. The number of benzene rings is 2. The van der Waals surface area contributed by atoms with Gasteiger partial charge in [-0.1, -0.05) is 43.2 Å². The molecule has 41 heavy (non-hydrogen) atoms. The van der Waals surface area contributed by atoms with Crippen molar-refractivity contribution in [1.29, 1.82) is 0 Å². The smallest absolute Gasteiger partial charge is 0.328 e. The number of rotatable bonds is 17. The minimum atomic E-state index is -0.613. The average Bonchev–Trinajstić information content (AvgIpc) is 3.27. The molecular weight excluding hydrogens is 522 g/mol. The Morgan fingerprint density at radius 2 is 1.83 bits per heavy atom. The molecule has 0 fully saturated rings. The van der Waals surface area contributed by atoms with Gasteiger partial charge in [0.05, 0.1) is 25.5 Å². The van der Waals surface area contributed by atoms with Crippen LogP contribution in [0.1, 0.15) is 80.7 Å². The molecule has 1 aliphatic rings. The standard InChI is InChI=1S/C32H45N3O6/c1-32(2)40-23-27-19-26(13-14-29(27)41-32)28(36)20-33-15-6-3-4-7-16-39-17-8-5-10-24-11-9-12-25(18-24)22-35-30(37)21-34-31(35)38/h9,11-14,18-19,21,28,33,36-37H,3-8,10,15-17,20,22-23H2,1-2H3,(H,34,38)/t28-/m0/s1. The van der Waals surface area contributed by atoms with E-state index in [9.17, 15) is 15.0 Å². The summed E-state index contributed by atoms with van der Waals surface area (Å²) in [6, 6.07) is 14.0. The molecule has 2 aromatic carbocycles. The van der Waals surface area contributed by atoms with Crippen LogP contribution in [0, 0.1) is 0 Å².